The number of nitrogens with zero attached hydrogens (tertiary/aromatic N) is 2. The van der Waals surface area contributed by atoms with E-state index in [-0.39, 0.29) is 5.82 Å². The Morgan fingerprint density at radius 2 is 1.60 bits per heavy atom. The minimum Gasteiger partial charge on any atom is -0.241 e. The van der Waals surface area contributed by atoms with Gasteiger partial charge in [0.25, 0.3) is 0 Å². The van der Waals surface area contributed by atoms with Crippen LogP contribution in [-0.2, 0) is 0 Å². The number of benzene rings is 1. The first-order valence-electron chi connectivity index (χ1n) is 7.88. The van der Waals surface area contributed by atoms with Crippen molar-refractivity contribution in [2.75, 3.05) is 14.1 Å². The molecular formula is C17H25FN2. The quantitative estimate of drug-likeness (QED) is 0.805. The first-order valence-corrected chi connectivity index (χ1v) is 7.88. The Labute approximate surface area is 121 Å². The first kappa shape index (κ1) is 14.0. The molecule has 3 rings (SSSR count). The molecule has 0 amide bonds. The molecule has 2 nitrogen and oxygen atoms in total. The molecule has 0 spiro atoms. The summed E-state index contributed by atoms with van der Waals surface area (Å²) in [4.78, 5) is 0. The van der Waals surface area contributed by atoms with Gasteiger partial charge in [0.1, 0.15) is 5.82 Å². The van der Waals surface area contributed by atoms with Crippen LogP contribution in [0, 0.1) is 11.7 Å². The highest BCUT2D eigenvalue weighted by molar-refractivity contribution is 5.21. The number of hydrogen-bond acceptors (Lipinski definition) is 2. The van der Waals surface area contributed by atoms with E-state index in [1.54, 1.807) is 12.1 Å². The van der Waals surface area contributed by atoms with E-state index in [0.29, 0.717) is 12.1 Å². The molecule has 2 unspecified atom stereocenters. The largest absolute Gasteiger partial charge is 0.241 e. The molecule has 1 saturated heterocycles. The van der Waals surface area contributed by atoms with Crippen molar-refractivity contribution in [3.8, 4) is 0 Å². The Kier molecular flexibility index (Phi) is 4.08. The average molecular weight is 276 g/mol. The highest BCUT2D eigenvalue weighted by Gasteiger charge is 2.39. The van der Waals surface area contributed by atoms with Crippen LogP contribution in [-0.4, -0.2) is 30.2 Å². The van der Waals surface area contributed by atoms with Crippen LogP contribution < -0.4 is 0 Å². The first-order chi connectivity index (χ1) is 9.66. The lowest BCUT2D eigenvalue weighted by molar-refractivity contribution is 0.00351. The lowest BCUT2D eigenvalue weighted by atomic mass is 9.81. The van der Waals surface area contributed by atoms with E-state index in [9.17, 15) is 4.39 Å². The third kappa shape index (κ3) is 2.61. The van der Waals surface area contributed by atoms with Crippen molar-refractivity contribution in [1.82, 2.24) is 10.0 Å². The van der Waals surface area contributed by atoms with Crippen LogP contribution in [0.15, 0.2) is 24.3 Å². The Balaban J connectivity index is 1.75. The van der Waals surface area contributed by atoms with E-state index in [2.05, 4.69) is 24.1 Å². The van der Waals surface area contributed by atoms with E-state index in [1.807, 2.05) is 12.1 Å². The second-order valence-corrected chi connectivity index (χ2v) is 6.42. The van der Waals surface area contributed by atoms with Crippen molar-refractivity contribution in [1.29, 1.82) is 0 Å². The fourth-order valence-electron chi connectivity index (χ4n) is 4.04. The maximum atomic E-state index is 13.1. The lowest BCUT2D eigenvalue weighted by Gasteiger charge is -2.34. The minimum atomic E-state index is -0.147. The van der Waals surface area contributed by atoms with Crippen molar-refractivity contribution in [2.24, 2.45) is 5.92 Å². The SMILES string of the molecule is CN1C(c2ccc(F)cc2)CC(C2CCCCC2)N1C. The zero-order chi connectivity index (χ0) is 14.1. The summed E-state index contributed by atoms with van der Waals surface area (Å²) < 4.78 is 13.1. The zero-order valence-electron chi connectivity index (χ0n) is 12.6. The average Bonchev–Trinajstić information content (AvgIpc) is 2.77. The van der Waals surface area contributed by atoms with Gasteiger partial charge in [-0.05, 0) is 42.9 Å². The van der Waals surface area contributed by atoms with Gasteiger partial charge < -0.3 is 0 Å². The normalized spacial score (nSPS) is 29.9. The summed E-state index contributed by atoms with van der Waals surface area (Å²) in [6.07, 6.45) is 8.10. The Morgan fingerprint density at radius 1 is 0.950 bits per heavy atom. The third-order valence-electron chi connectivity index (χ3n) is 5.34. The lowest BCUT2D eigenvalue weighted by Crippen LogP contribution is -2.40. The summed E-state index contributed by atoms with van der Waals surface area (Å²) in [6, 6.07) is 8.08. The van der Waals surface area contributed by atoms with Crippen LogP contribution in [0.4, 0.5) is 4.39 Å². The molecule has 1 saturated carbocycles. The molecule has 2 fully saturated rings. The molecule has 1 aromatic carbocycles. The van der Waals surface area contributed by atoms with Crippen LogP contribution in [0.1, 0.15) is 50.1 Å². The Bertz CT molecular complexity index is 439. The van der Waals surface area contributed by atoms with Gasteiger partial charge in [0.15, 0.2) is 0 Å². The summed E-state index contributed by atoms with van der Waals surface area (Å²) >= 11 is 0. The molecule has 3 heteroatoms. The second kappa shape index (κ2) is 5.82. The predicted octanol–water partition coefficient (Wildman–Crippen LogP) is 4.00. The van der Waals surface area contributed by atoms with E-state index in [0.717, 1.165) is 5.92 Å². The standard InChI is InChI=1S/C17H25FN2/c1-19-16(13-6-4-3-5-7-13)12-17(20(19)2)14-8-10-15(18)11-9-14/h8-11,13,16-17H,3-7,12H2,1-2H3. The van der Waals surface area contributed by atoms with Crippen LogP contribution in [0.3, 0.4) is 0 Å². The molecule has 1 aliphatic heterocycles. The van der Waals surface area contributed by atoms with Gasteiger partial charge in [-0.2, -0.15) is 0 Å². The molecule has 2 atom stereocenters. The van der Waals surface area contributed by atoms with Gasteiger partial charge >= 0.3 is 0 Å². The molecule has 0 radical (unpaired) electrons. The van der Waals surface area contributed by atoms with E-state index in [4.69, 9.17) is 0 Å². The van der Waals surface area contributed by atoms with Crippen molar-refractivity contribution in [3.63, 3.8) is 0 Å². The van der Waals surface area contributed by atoms with Crippen LogP contribution >= 0.6 is 0 Å². The minimum absolute atomic E-state index is 0.147. The summed E-state index contributed by atoms with van der Waals surface area (Å²) in [7, 11) is 4.37. The third-order valence-corrected chi connectivity index (χ3v) is 5.34. The molecule has 1 aliphatic carbocycles. The molecule has 20 heavy (non-hydrogen) atoms. The number of hydrogen-bond donors (Lipinski definition) is 0. The summed E-state index contributed by atoms with van der Waals surface area (Å²) in [5.41, 5.74) is 1.24. The number of hydrazine groups is 1. The van der Waals surface area contributed by atoms with E-state index in [1.165, 1.54) is 44.1 Å². The number of rotatable bonds is 2. The van der Waals surface area contributed by atoms with Crippen molar-refractivity contribution < 1.29 is 4.39 Å². The molecule has 0 aromatic heterocycles. The Hall–Kier alpha value is -0.930. The van der Waals surface area contributed by atoms with Crippen molar-refractivity contribution >= 4 is 0 Å². The van der Waals surface area contributed by atoms with Crippen LogP contribution in [0.2, 0.25) is 0 Å². The summed E-state index contributed by atoms with van der Waals surface area (Å²) in [5, 5.41) is 4.76. The zero-order valence-corrected chi connectivity index (χ0v) is 12.6. The molecule has 0 N–H and O–H groups in total. The van der Waals surface area contributed by atoms with Gasteiger partial charge in [-0.15, -0.1) is 0 Å². The number of halogens is 1. The van der Waals surface area contributed by atoms with Crippen LogP contribution in [0.5, 0.6) is 0 Å². The highest BCUT2D eigenvalue weighted by atomic mass is 19.1. The summed E-state index contributed by atoms with van der Waals surface area (Å²) in [6.45, 7) is 0. The van der Waals surface area contributed by atoms with Gasteiger partial charge in [0.2, 0.25) is 0 Å². The maximum absolute atomic E-state index is 13.1. The topological polar surface area (TPSA) is 6.48 Å². The fraction of sp³-hybridized carbons (Fsp3) is 0.647. The summed E-state index contributed by atoms with van der Waals surface area (Å²) in [5.74, 6) is 0.688. The molecule has 110 valence electrons. The Morgan fingerprint density at radius 3 is 2.25 bits per heavy atom. The molecule has 0 bridgehead atoms. The van der Waals surface area contributed by atoms with Gasteiger partial charge in [0.05, 0.1) is 6.04 Å². The highest BCUT2D eigenvalue weighted by Crippen LogP contribution is 2.41. The smallest absolute Gasteiger partial charge is 0.123 e. The van der Waals surface area contributed by atoms with Crippen molar-refractivity contribution in [2.45, 2.75) is 50.6 Å². The molecule has 2 aliphatic rings. The maximum Gasteiger partial charge on any atom is 0.123 e. The molecular weight excluding hydrogens is 251 g/mol. The van der Waals surface area contributed by atoms with Crippen molar-refractivity contribution in [3.05, 3.63) is 35.6 Å². The monoisotopic (exact) mass is 276 g/mol. The van der Waals surface area contributed by atoms with Gasteiger partial charge in [-0.3, -0.25) is 0 Å². The second-order valence-electron chi connectivity index (χ2n) is 6.42. The van der Waals surface area contributed by atoms with E-state index >= 15 is 0 Å². The molecule has 1 heterocycles. The van der Waals surface area contributed by atoms with E-state index < -0.39 is 0 Å². The van der Waals surface area contributed by atoms with Crippen LogP contribution in [0.25, 0.3) is 0 Å². The fourth-order valence-corrected chi connectivity index (χ4v) is 4.04. The van der Waals surface area contributed by atoms with Gasteiger partial charge in [0, 0.05) is 20.1 Å². The predicted molar refractivity (Wildman–Crippen MR) is 79.6 cm³/mol. The van der Waals surface area contributed by atoms with Gasteiger partial charge in [-0.25, -0.2) is 14.4 Å². The van der Waals surface area contributed by atoms with Gasteiger partial charge in [-0.1, -0.05) is 31.4 Å². The molecule has 1 aromatic rings.